The van der Waals surface area contributed by atoms with Gasteiger partial charge in [0.2, 0.25) is 0 Å². The minimum atomic E-state index is 0.519. The third kappa shape index (κ3) is 5.89. The van der Waals surface area contributed by atoms with Gasteiger partial charge in [0.05, 0.1) is 0 Å². The average Bonchev–Trinajstić information content (AvgIpc) is 2.34. The molecule has 2 atom stereocenters. The number of thioether (sulfide) groups is 1. The van der Waals surface area contributed by atoms with Crippen LogP contribution in [0.4, 0.5) is 0 Å². The lowest BCUT2D eigenvalue weighted by atomic mass is 10.1. The van der Waals surface area contributed by atoms with Crippen LogP contribution in [0, 0.1) is 0 Å². The Kier molecular flexibility index (Phi) is 7.16. The predicted molar refractivity (Wildman–Crippen MR) is 80.7 cm³/mol. The molecule has 4 heteroatoms. The van der Waals surface area contributed by atoms with Crippen LogP contribution in [-0.4, -0.2) is 29.1 Å². The van der Waals surface area contributed by atoms with E-state index in [-0.39, 0.29) is 0 Å². The molecule has 0 bridgehead atoms. The number of aromatic nitrogens is 1. The van der Waals surface area contributed by atoms with Crippen LogP contribution < -0.4 is 5.32 Å². The van der Waals surface area contributed by atoms with Crippen LogP contribution in [0.2, 0.25) is 0 Å². The molecule has 2 nitrogen and oxygen atoms in total. The third-order valence-electron chi connectivity index (χ3n) is 2.81. The summed E-state index contributed by atoms with van der Waals surface area (Å²) in [5.41, 5.74) is 1.28. The quantitative estimate of drug-likeness (QED) is 0.833. The molecule has 0 aliphatic rings. The van der Waals surface area contributed by atoms with Crippen molar-refractivity contribution < 1.29 is 0 Å². The molecule has 0 aliphatic carbocycles. The van der Waals surface area contributed by atoms with Crippen LogP contribution in [0.5, 0.6) is 0 Å². The largest absolute Gasteiger partial charge is 0.316 e. The van der Waals surface area contributed by atoms with E-state index in [4.69, 9.17) is 0 Å². The Morgan fingerprint density at radius 1 is 1.47 bits per heavy atom. The standard InChI is InChI=1S/C13H21BrN2S/c1-4-10(2)17-9-13(15-3)6-11-5-12(14)8-16-7-11/h5,7-8,10,13,15H,4,6,9H2,1-3H3. The van der Waals surface area contributed by atoms with E-state index in [1.807, 2.05) is 31.2 Å². The van der Waals surface area contributed by atoms with E-state index in [1.54, 1.807) is 0 Å². The van der Waals surface area contributed by atoms with Crippen LogP contribution in [0.1, 0.15) is 25.8 Å². The highest BCUT2D eigenvalue weighted by molar-refractivity contribution is 9.10. The lowest BCUT2D eigenvalue weighted by molar-refractivity contribution is 0.614. The lowest BCUT2D eigenvalue weighted by Crippen LogP contribution is -2.30. The van der Waals surface area contributed by atoms with Gasteiger partial charge in [0.1, 0.15) is 0 Å². The lowest BCUT2D eigenvalue weighted by Gasteiger charge is -2.18. The maximum Gasteiger partial charge on any atom is 0.0410 e. The monoisotopic (exact) mass is 316 g/mol. The van der Waals surface area contributed by atoms with Crippen LogP contribution in [0.25, 0.3) is 0 Å². The van der Waals surface area contributed by atoms with E-state index in [2.05, 4.69) is 46.1 Å². The van der Waals surface area contributed by atoms with Gasteiger partial charge in [-0.3, -0.25) is 4.98 Å². The van der Waals surface area contributed by atoms with Gasteiger partial charge in [0, 0.05) is 33.9 Å². The SMILES string of the molecule is CCC(C)SCC(Cc1cncc(Br)c1)NC. The highest BCUT2D eigenvalue weighted by Crippen LogP contribution is 2.17. The Labute approximate surface area is 117 Å². The minimum Gasteiger partial charge on any atom is -0.316 e. The Balaban J connectivity index is 2.46. The first kappa shape index (κ1) is 15.0. The zero-order valence-corrected chi connectivity index (χ0v) is 13.1. The molecule has 17 heavy (non-hydrogen) atoms. The van der Waals surface area contributed by atoms with Gasteiger partial charge in [-0.2, -0.15) is 11.8 Å². The normalized spacial score (nSPS) is 14.6. The van der Waals surface area contributed by atoms with Crippen molar-refractivity contribution in [2.24, 2.45) is 0 Å². The molecule has 0 aliphatic heterocycles. The fraction of sp³-hybridized carbons (Fsp3) is 0.615. The molecule has 0 saturated heterocycles. The van der Waals surface area contributed by atoms with Crippen molar-refractivity contribution >= 4 is 27.7 Å². The Hall–Kier alpha value is -0.0600. The van der Waals surface area contributed by atoms with E-state index in [0.29, 0.717) is 6.04 Å². The summed E-state index contributed by atoms with van der Waals surface area (Å²) in [5, 5.41) is 4.13. The van der Waals surface area contributed by atoms with Gasteiger partial charge in [0.25, 0.3) is 0 Å². The van der Waals surface area contributed by atoms with Crippen LogP contribution in [-0.2, 0) is 6.42 Å². The topological polar surface area (TPSA) is 24.9 Å². The molecule has 1 heterocycles. The van der Waals surface area contributed by atoms with Gasteiger partial charge in [-0.1, -0.05) is 13.8 Å². The number of halogens is 1. The van der Waals surface area contributed by atoms with Gasteiger partial charge in [-0.15, -0.1) is 0 Å². The fourth-order valence-corrected chi connectivity index (χ4v) is 2.99. The Morgan fingerprint density at radius 3 is 2.82 bits per heavy atom. The maximum atomic E-state index is 4.20. The van der Waals surface area contributed by atoms with Crippen LogP contribution >= 0.6 is 27.7 Å². The molecule has 1 aromatic rings. The molecule has 2 unspecified atom stereocenters. The van der Waals surface area contributed by atoms with Crippen molar-refractivity contribution in [3.8, 4) is 0 Å². The molecule has 0 fully saturated rings. The molecule has 1 aromatic heterocycles. The highest BCUT2D eigenvalue weighted by atomic mass is 79.9. The predicted octanol–water partition coefficient (Wildman–Crippen LogP) is 3.51. The first-order chi connectivity index (χ1) is 8.15. The van der Waals surface area contributed by atoms with Crippen LogP contribution in [0.15, 0.2) is 22.9 Å². The molecule has 0 aromatic carbocycles. The Bertz CT molecular complexity index is 333. The second-order valence-corrected chi connectivity index (χ2v) is 6.64. The first-order valence-corrected chi connectivity index (χ1v) is 7.88. The molecular weight excluding hydrogens is 296 g/mol. The molecule has 0 radical (unpaired) electrons. The summed E-state index contributed by atoms with van der Waals surface area (Å²) in [6, 6.07) is 2.66. The zero-order valence-electron chi connectivity index (χ0n) is 10.7. The summed E-state index contributed by atoms with van der Waals surface area (Å²) >= 11 is 5.50. The molecular formula is C13H21BrN2S. The van der Waals surface area contributed by atoms with Crippen molar-refractivity contribution in [1.82, 2.24) is 10.3 Å². The van der Waals surface area contributed by atoms with E-state index in [9.17, 15) is 0 Å². The smallest absolute Gasteiger partial charge is 0.0410 e. The minimum absolute atomic E-state index is 0.519. The summed E-state index contributed by atoms with van der Waals surface area (Å²) in [4.78, 5) is 4.20. The maximum absolute atomic E-state index is 4.20. The average molecular weight is 317 g/mol. The second kappa shape index (κ2) is 8.11. The molecule has 0 amide bonds. The second-order valence-electron chi connectivity index (χ2n) is 4.25. The summed E-state index contributed by atoms with van der Waals surface area (Å²) < 4.78 is 1.06. The van der Waals surface area contributed by atoms with Crippen molar-refractivity contribution in [2.75, 3.05) is 12.8 Å². The van der Waals surface area contributed by atoms with Crippen molar-refractivity contribution in [2.45, 2.75) is 38.0 Å². The van der Waals surface area contributed by atoms with E-state index in [1.165, 1.54) is 12.0 Å². The van der Waals surface area contributed by atoms with E-state index >= 15 is 0 Å². The first-order valence-electron chi connectivity index (χ1n) is 6.04. The van der Waals surface area contributed by atoms with E-state index in [0.717, 1.165) is 21.9 Å². The summed E-state index contributed by atoms with van der Waals surface area (Å²) in [6.45, 7) is 4.53. The fourth-order valence-electron chi connectivity index (χ4n) is 1.49. The molecule has 1 N–H and O–H groups in total. The molecule has 0 saturated carbocycles. The summed E-state index contributed by atoms with van der Waals surface area (Å²) in [5.74, 6) is 1.15. The molecule has 96 valence electrons. The third-order valence-corrected chi connectivity index (χ3v) is 4.74. The van der Waals surface area contributed by atoms with Gasteiger partial charge in [-0.05, 0) is 47.4 Å². The van der Waals surface area contributed by atoms with Crippen molar-refractivity contribution in [3.05, 3.63) is 28.5 Å². The number of hydrogen-bond acceptors (Lipinski definition) is 3. The Morgan fingerprint density at radius 2 is 2.24 bits per heavy atom. The molecule has 0 spiro atoms. The number of nitrogens with one attached hydrogen (secondary N) is 1. The van der Waals surface area contributed by atoms with Gasteiger partial charge >= 0.3 is 0 Å². The summed E-state index contributed by atoms with van der Waals surface area (Å²) in [6.07, 6.45) is 6.04. The molecule has 1 rings (SSSR count). The van der Waals surface area contributed by atoms with Crippen molar-refractivity contribution in [1.29, 1.82) is 0 Å². The number of nitrogens with zero attached hydrogens (tertiary/aromatic N) is 1. The number of rotatable bonds is 7. The zero-order chi connectivity index (χ0) is 12.7. The number of hydrogen-bond donors (Lipinski definition) is 1. The number of pyridine rings is 1. The summed E-state index contributed by atoms with van der Waals surface area (Å²) in [7, 11) is 2.03. The van der Waals surface area contributed by atoms with Crippen LogP contribution in [0.3, 0.4) is 0 Å². The van der Waals surface area contributed by atoms with Crippen molar-refractivity contribution in [3.63, 3.8) is 0 Å². The highest BCUT2D eigenvalue weighted by Gasteiger charge is 2.10. The van der Waals surface area contributed by atoms with Gasteiger partial charge < -0.3 is 5.32 Å². The van der Waals surface area contributed by atoms with E-state index < -0.39 is 0 Å². The van der Waals surface area contributed by atoms with Gasteiger partial charge in [0.15, 0.2) is 0 Å². The van der Waals surface area contributed by atoms with Gasteiger partial charge in [-0.25, -0.2) is 0 Å². The number of likely N-dealkylation sites (N-methyl/N-ethyl adjacent to an activating group) is 1.